The second-order valence-corrected chi connectivity index (χ2v) is 0.966. The average molecular weight is 104 g/mol. The Kier molecular flexibility index (Phi) is 5.78. The minimum absolute atomic E-state index is 0.0972. The molecule has 0 aliphatic carbocycles. The summed E-state index contributed by atoms with van der Waals surface area (Å²) in [6.45, 7) is 4.35. The maximum absolute atomic E-state index is 8.13. The summed E-state index contributed by atoms with van der Waals surface area (Å²) < 4.78 is 0. The van der Waals surface area contributed by atoms with Crippen LogP contribution in [0, 0.1) is 6.92 Å². The molecular formula is C4H10NO2. The predicted octanol–water partition coefficient (Wildman–Crippen LogP) is -0.666. The fourth-order valence-corrected chi connectivity index (χ4v) is 0.190. The molecule has 0 aromatic rings. The lowest BCUT2D eigenvalue weighted by molar-refractivity contribution is 0.0506. The highest BCUT2D eigenvalue weighted by Gasteiger charge is 1.76. The van der Waals surface area contributed by atoms with E-state index in [2.05, 4.69) is 17.2 Å². The number of aliphatic hydroxyl groups is 1. The van der Waals surface area contributed by atoms with Gasteiger partial charge in [0.05, 0.1) is 13.2 Å². The van der Waals surface area contributed by atoms with E-state index in [1.54, 1.807) is 0 Å². The zero-order valence-electron chi connectivity index (χ0n) is 4.18. The summed E-state index contributed by atoms with van der Waals surface area (Å²) >= 11 is 0. The van der Waals surface area contributed by atoms with Crippen LogP contribution in [0.5, 0.6) is 0 Å². The second kappa shape index (κ2) is 5.88. The van der Waals surface area contributed by atoms with Crippen LogP contribution < -0.4 is 5.48 Å². The molecule has 0 aromatic carbocycles. The lowest BCUT2D eigenvalue weighted by atomic mass is 10.7. The van der Waals surface area contributed by atoms with Crippen molar-refractivity contribution in [3.8, 4) is 0 Å². The Morgan fingerprint density at radius 3 is 2.86 bits per heavy atom. The first-order chi connectivity index (χ1) is 3.41. The zero-order chi connectivity index (χ0) is 5.54. The van der Waals surface area contributed by atoms with Gasteiger partial charge in [-0.25, -0.2) is 5.48 Å². The fourth-order valence-electron chi connectivity index (χ4n) is 0.190. The van der Waals surface area contributed by atoms with Crippen molar-refractivity contribution in [1.82, 2.24) is 5.48 Å². The summed E-state index contributed by atoms with van der Waals surface area (Å²) in [5.74, 6) is 0. The van der Waals surface area contributed by atoms with E-state index < -0.39 is 0 Å². The normalized spacial score (nSPS) is 9.43. The Morgan fingerprint density at radius 2 is 2.43 bits per heavy atom. The van der Waals surface area contributed by atoms with Crippen LogP contribution in [0.1, 0.15) is 0 Å². The largest absolute Gasteiger partial charge is 0.395 e. The molecule has 0 rings (SSSR count). The SMILES string of the molecule is [CH2]CONCCO. The zero-order valence-corrected chi connectivity index (χ0v) is 4.18. The number of nitrogens with one attached hydrogen (secondary N) is 1. The van der Waals surface area contributed by atoms with E-state index in [4.69, 9.17) is 5.11 Å². The lowest BCUT2D eigenvalue weighted by Crippen LogP contribution is -2.18. The summed E-state index contributed by atoms with van der Waals surface area (Å²) in [5, 5.41) is 8.13. The summed E-state index contributed by atoms with van der Waals surface area (Å²) in [6, 6.07) is 0. The maximum atomic E-state index is 8.13. The van der Waals surface area contributed by atoms with Gasteiger partial charge in [0.1, 0.15) is 0 Å². The van der Waals surface area contributed by atoms with Gasteiger partial charge in [0.15, 0.2) is 0 Å². The van der Waals surface area contributed by atoms with Crippen LogP contribution in [0.3, 0.4) is 0 Å². The summed E-state index contributed by atoms with van der Waals surface area (Å²) in [7, 11) is 0. The van der Waals surface area contributed by atoms with E-state index in [1.807, 2.05) is 0 Å². The van der Waals surface area contributed by atoms with Crippen molar-refractivity contribution >= 4 is 0 Å². The number of hydrogen-bond donors (Lipinski definition) is 2. The number of aliphatic hydroxyl groups excluding tert-OH is 1. The van der Waals surface area contributed by atoms with Gasteiger partial charge in [-0.2, -0.15) is 0 Å². The van der Waals surface area contributed by atoms with Gasteiger partial charge in [-0.1, -0.05) is 0 Å². The lowest BCUT2D eigenvalue weighted by Gasteiger charge is -1.97. The molecule has 7 heavy (non-hydrogen) atoms. The van der Waals surface area contributed by atoms with Crippen LogP contribution in [-0.2, 0) is 4.84 Å². The topological polar surface area (TPSA) is 41.5 Å². The van der Waals surface area contributed by atoms with Gasteiger partial charge in [0.2, 0.25) is 0 Å². The molecule has 43 valence electrons. The standard InChI is InChI=1S/C4H10NO2/c1-2-7-5-3-4-6/h5-6H,1-4H2. The van der Waals surface area contributed by atoms with E-state index in [0.29, 0.717) is 13.2 Å². The Hall–Kier alpha value is -0.120. The number of hydrogen-bond acceptors (Lipinski definition) is 3. The number of hydroxylamine groups is 1. The minimum atomic E-state index is 0.0972. The maximum Gasteiger partial charge on any atom is 0.0683 e. The molecule has 3 heteroatoms. The van der Waals surface area contributed by atoms with Crippen molar-refractivity contribution in [2.45, 2.75) is 0 Å². The fraction of sp³-hybridized carbons (Fsp3) is 0.750. The quantitative estimate of drug-likeness (QED) is 0.367. The van der Waals surface area contributed by atoms with Gasteiger partial charge >= 0.3 is 0 Å². The Labute approximate surface area is 43.2 Å². The summed E-state index contributed by atoms with van der Waals surface area (Å²) in [5.41, 5.74) is 2.47. The molecule has 0 saturated heterocycles. The van der Waals surface area contributed by atoms with Gasteiger partial charge in [0, 0.05) is 6.54 Å². The molecule has 0 aliphatic rings. The minimum Gasteiger partial charge on any atom is -0.395 e. The molecule has 0 fully saturated rings. The van der Waals surface area contributed by atoms with Crippen molar-refractivity contribution in [1.29, 1.82) is 0 Å². The molecule has 0 bridgehead atoms. The monoisotopic (exact) mass is 104 g/mol. The summed E-state index contributed by atoms with van der Waals surface area (Å²) in [6.07, 6.45) is 0. The van der Waals surface area contributed by atoms with Crippen molar-refractivity contribution in [2.24, 2.45) is 0 Å². The third kappa shape index (κ3) is 5.88. The third-order valence-corrected chi connectivity index (χ3v) is 0.418. The van der Waals surface area contributed by atoms with Gasteiger partial charge < -0.3 is 9.94 Å². The second-order valence-electron chi connectivity index (χ2n) is 0.966. The first-order valence-corrected chi connectivity index (χ1v) is 2.16. The molecule has 0 aromatic heterocycles. The molecule has 0 unspecified atom stereocenters. The van der Waals surface area contributed by atoms with E-state index in [1.165, 1.54) is 0 Å². The Bertz CT molecular complexity index is 28.9. The van der Waals surface area contributed by atoms with Crippen molar-refractivity contribution in [3.05, 3.63) is 6.92 Å². The number of rotatable bonds is 4. The molecule has 0 saturated carbocycles. The van der Waals surface area contributed by atoms with Crippen molar-refractivity contribution in [3.63, 3.8) is 0 Å². The van der Waals surface area contributed by atoms with Gasteiger partial charge in [0.25, 0.3) is 0 Å². The molecule has 0 aliphatic heterocycles. The van der Waals surface area contributed by atoms with Crippen LogP contribution in [0.2, 0.25) is 0 Å². The first-order valence-electron chi connectivity index (χ1n) is 2.16. The van der Waals surface area contributed by atoms with E-state index in [9.17, 15) is 0 Å². The van der Waals surface area contributed by atoms with Crippen molar-refractivity contribution < 1.29 is 9.94 Å². The Balaban J connectivity index is 2.45. The highest BCUT2D eigenvalue weighted by molar-refractivity contribution is 4.28. The highest BCUT2D eigenvalue weighted by atomic mass is 16.6. The van der Waals surface area contributed by atoms with E-state index in [-0.39, 0.29) is 6.61 Å². The average Bonchev–Trinajstić information content (AvgIpc) is 1.69. The molecule has 0 heterocycles. The van der Waals surface area contributed by atoms with Crippen LogP contribution in [0.25, 0.3) is 0 Å². The van der Waals surface area contributed by atoms with Gasteiger partial charge in [-0.05, 0) is 6.92 Å². The summed E-state index contributed by atoms with van der Waals surface area (Å²) in [4.78, 5) is 4.55. The highest BCUT2D eigenvalue weighted by Crippen LogP contribution is 1.59. The molecule has 0 spiro atoms. The van der Waals surface area contributed by atoms with Gasteiger partial charge in [-0.3, -0.25) is 0 Å². The molecule has 3 nitrogen and oxygen atoms in total. The third-order valence-electron chi connectivity index (χ3n) is 0.418. The molecule has 0 amide bonds. The molecule has 1 radical (unpaired) electrons. The van der Waals surface area contributed by atoms with Gasteiger partial charge in [-0.15, -0.1) is 0 Å². The van der Waals surface area contributed by atoms with Crippen LogP contribution in [0.4, 0.5) is 0 Å². The van der Waals surface area contributed by atoms with E-state index >= 15 is 0 Å². The smallest absolute Gasteiger partial charge is 0.0683 e. The van der Waals surface area contributed by atoms with Crippen molar-refractivity contribution in [2.75, 3.05) is 19.8 Å². The Morgan fingerprint density at radius 1 is 1.71 bits per heavy atom. The molecular weight excluding hydrogens is 94.0 g/mol. The van der Waals surface area contributed by atoms with Crippen LogP contribution in [-0.4, -0.2) is 24.9 Å². The molecule has 0 atom stereocenters. The van der Waals surface area contributed by atoms with E-state index in [0.717, 1.165) is 0 Å². The van der Waals surface area contributed by atoms with Crippen LogP contribution >= 0.6 is 0 Å². The van der Waals surface area contributed by atoms with Crippen LogP contribution in [0.15, 0.2) is 0 Å². The molecule has 2 N–H and O–H groups in total. The first kappa shape index (κ1) is 6.88. The predicted molar refractivity (Wildman–Crippen MR) is 26.4 cm³/mol.